The maximum Gasteiger partial charge on any atom is 0.312 e. The zero-order valence-corrected chi connectivity index (χ0v) is 10.3. The van der Waals surface area contributed by atoms with Crippen molar-refractivity contribution in [3.8, 4) is 0 Å². The SMILES string of the molecule is CCC(C)C(NC(N)=O)C(=O)NC1CC(O)C1. The number of carbonyl (C=O) groups is 2. The molecule has 2 unspecified atom stereocenters. The van der Waals surface area contributed by atoms with E-state index in [1.807, 2.05) is 13.8 Å². The van der Waals surface area contributed by atoms with Crippen LogP contribution in [0.3, 0.4) is 0 Å². The summed E-state index contributed by atoms with van der Waals surface area (Å²) in [6.45, 7) is 3.83. The molecule has 0 spiro atoms. The van der Waals surface area contributed by atoms with Crippen LogP contribution in [0.4, 0.5) is 4.79 Å². The number of hydrogen-bond acceptors (Lipinski definition) is 3. The molecule has 2 atom stereocenters. The summed E-state index contributed by atoms with van der Waals surface area (Å²) in [5.74, 6) is -0.206. The Morgan fingerprint density at radius 1 is 1.47 bits per heavy atom. The molecule has 0 bridgehead atoms. The van der Waals surface area contributed by atoms with E-state index in [0.29, 0.717) is 12.8 Å². The molecular weight excluding hydrogens is 222 g/mol. The molecule has 0 saturated heterocycles. The van der Waals surface area contributed by atoms with E-state index < -0.39 is 12.1 Å². The van der Waals surface area contributed by atoms with Crippen molar-refractivity contribution < 1.29 is 14.7 Å². The summed E-state index contributed by atoms with van der Waals surface area (Å²) in [5, 5.41) is 14.4. The van der Waals surface area contributed by atoms with Crippen LogP contribution in [-0.4, -0.2) is 35.2 Å². The lowest BCUT2D eigenvalue weighted by Crippen LogP contribution is -2.56. The van der Waals surface area contributed by atoms with Crippen molar-refractivity contribution in [3.63, 3.8) is 0 Å². The Bertz CT molecular complexity index is 290. The standard InChI is InChI=1S/C11H21N3O3/c1-3-6(2)9(14-11(12)17)10(16)13-7-4-8(15)5-7/h6-9,15H,3-5H2,1-2H3,(H,13,16)(H3,12,14,17). The Kier molecular flexibility index (Phi) is 4.74. The molecule has 0 aromatic rings. The summed E-state index contributed by atoms with van der Waals surface area (Å²) in [7, 11) is 0. The van der Waals surface area contributed by atoms with E-state index >= 15 is 0 Å². The Balaban J connectivity index is 2.50. The molecule has 0 aromatic heterocycles. The lowest BCUT2D eigenvalue weighted by molar-refractivity contribution is -0.126. The third-order valence-corrected chi connectivity index (χ3v) is 3.25. The number of carbonyl (C=O) groups excluding carboxylic acids is 2. The number of hydrogen-bond donors (Lipinski definition) is 4. The van der Waals surface area contributed by atoms with Gasteiger partial charge in [0.2, 0.25) is 5.91 Å². The fourth-order valence-corrected chi connectivity index (χ4v) is 1.85. The fraction of sp³-hybridized carbons (Fsp3) is 0.818. The van der Waals surface area contributed by atoms with E-state index in [2.05, 4.69) is 10.6 Å². The van der Waals surface area contributed by atoms with E-state index in [1.165, 1.54) is 0 Å². The van der Waals surface area contributed by atoms with Gasteiger partial charge in [-0.2, -0.15) is 0 Å². The van der Waals surface area contributed by atoms with Crippen molar-refractivity contribution in [3.05, 3.63) is 0 Å². The predicted octanol–water partition coefficient (Wildman–Crippen LogP) is -0.291. The number of primary amides is 1. The molecular formula is C11H21N3O3. The molecule has 0 heterocycles. The molecule has 1 fully saturated rings. The molecule has 0 aliphatic heterocycles. The summed E-state index contributed by atoms with van der Waals surface area (Å²) in [6.07, 6.45) is 1.61. The monoisotopic (exact) mass is 243 g/mol. The number of nitrogens with two attached hydrogens (primary N) is 1. The summed E-state index contributed by atoms with van der Waals surface area (Å²) in [4.78, 5) is 22.8. The molecule has 1 aliphatic rings. The van der Waals surface area contributed by atoms with Gasteiger partial charge in [0.05, 0.1) is 6.10 Å². The number of aliphatic hydroxyl groups is 1. The summed E-state index contributed by atoms with van der Waals surface area (Å²) < 4.78 is 0. The van der Waals surface area contributed by atoms with Gasteiger partial charge in [0, 0.05) is 6.04 Å². The van der Waals surface area contributed by atoms with Crippen molar-refractivity contribution in [1.82, 2.24) is 10.6 Å². The highest BCUT2D eigenvalue weighted by atomic mass is 16.3. The van der Waals surface area contributed by atoms with Crippen LogP contribution in [0.5, 0.6) is 0 Å². The molecule has 1 aliphatic carbocycles. The van der Waals surface area contributed by atoms with Crippen LogP contribution in [0.1, 0.15) is 33.1 Å². The van der Waals surface area contributed by atoms with Gasteiger partial charge in [-0.25, -0.2) is 4.79 Å². The van der Waals surface area contributed by atoms with Crippen molar-refractivity contribution in [2.45, 2.75) is 51.3 Å². The van der Waals surface area contributed by atoms with E-state index in [4.69, 9.17) is 10.8 Å². The Morgan fingerprint density at radius 3 is 2.47 bits per heavy atom. The third kappa shape index (κ3) is 3.89. The van der Waals surface area contributed by atoms with Crippen molar-refractivity contribution in [2.24, 2.45) is 11.7 Å². The van der Waals surface area contributed by atoms with Gasteiger partial charge in [0.1, 0.15) is 6.04 Å². The molecule has 98 valence electrons. The van der Waals surface area contributed by atoms with E-state index in [1.54, 1.807) is 0 Å². The quantitative estimate of drug-likeness (QED) is 0.533. The molecule has 3 amide bonds. The van der Waals surface area contributed by atoms with Crippen LogP contribution in [0.15, 0.2) is 0 Å². The van der Waals surface area contributed by atoms with Gasteiger partial charge in [-0.05, 0) is 18.8 Å². The zero-order chi connectivity index (χ0) is 13.0. The number of aliphatic hydroxyl groups excluding tert-OH is 1. The van der Waals surface area contributed by atoms with Crippen LogP contribution in [-0.2, 0) is 4.79 Å². The number of nitrogens with one attached hydrogen (secondary N) is 2. The van der Waals surface area contributed by atoms with E-state index in [0.717, 1.165) is 6.42 Å². The second-order valence-corrected chi connectivity index (χ2v) is 4.70. The van der Waals surface area contributed by atoms with Crippen molar-refractivity contribution >= 4 is 11.9 Å². The minimum absolute atomic E-state index is 0.0127. The van der Waals surface area contributed by atoms with Gasteiger partial charge in [-0.1, -0.05) is 20.3 Å². The van der Waals surface area contributed by atoms with Crippen LogP contribution in [0.2, 0.25) is 0 Å². The second kappa shape index (κ2) is 5.86. The number of urea groups is 1. The molecule has 1 rings (SSSR count). The molecule has 5 N–H and O–H groups in total. The Hall–Kier alpha value is -1.30. The Morgan fingerprint density at radius 2 is 2.06 bits per heavy atom. The van der Waals surface area contributed by atoms with Gasteiger partial charge in [-0.15, -0.1) is 0 Å². The molecule has 6 heteroatoms. The predicted molar refractivity (Wildman–Crippen MR) is 63.1 cm³/mol. The number of amides is 3. The summed E-state index contributed by atoms with van der Waals surface area (Å²) >= 11 is 0. The molecule has 17 heavy (non-hydrogen) atoms. The summed E-state index contributed by atoms with van der Waals surface area (Å²) in [6, 6.07) is -1.28. The maximum absolute atomic E-state index is 11.9. The molecule has 0 aromatic carbocycles. The topological polar surface area (TPSA) is 104 Å². The van der Waals surface area contributed by atoms with Gasteiger partial charge in [0.25, 0.3) is 0 Å². The Labute approximate surface area is 101 Å². The van der Waals surface area contributed by atoms with Gasteiger partial charge in [-0.3, -0.25) is 4.79 Å². The first-order valence-corrected chi connectivity index (χ1v) is 5.98. The highest BCUT2D eigenvalue weighted by Gasteiger charge is 2.32. The van der Waals surface area contributed by atoms with E-state index in [-0.39, 0.29) is 24.0 Å². The first-order chi connectivity index (χ1) is 7.93. The number of rotatable bonds is 5. The first kappa shape index (κ1) is 13.8. The molecule has 1 saturated carbocycles. The summed E-state index contributed by atoms with van der Waals surface area (Å²) in [5.41, 5.74) is 5.05. The third-order valence-electron chi connectivity index (χ3n) is 3.25. The minimum atomic E-state index is -0.695. The van der Waals surface area contributed by atoms with E-state index in [9.17, 15) is 9.59 Å². The largest absolute Gasteiger partial charge is 0.393 e. The van der Waals surface area contributed by atoms with Gasteiger partial charge < -0.3 is 21.5 Å². The minimum Gasteiger partial charge on any atom is -0.393 e. The highest BCUT2D eigenvalue weighted by molar-refractivity contribution is 5.87. The average Bonchev–Trinajstić information content (AvgIpc) is 2.22. The lowest BCUT2D eigenvalue weighted by Gasteiger charge is -2.34. The highest BCUT2D eigenvalue weighted by Crippen LogP contribution is 2.20. The smallest absolute Gasteiger partial charge is 0.312 e. The van der Waals surface area contributed by atoms with Crippen molar-refractivity contribution in [2.75, 3.05) is 0 Å². The van der Waals surface area contributed by atoms with Crippen molar-refractivity contribution in [1.29, 1.82) is 0 Å². The van der Waals surface area contributed by atoms with Crippen LogP contribution in [0, 0.1) is 5.92 Å². The average molecular weight is 243 g/mol. The van der Waals surface area contributed by atoms with Gasteiger partial charge in [0.15, 0.2) is 0 Å². The maximum atomic E-state index is 11.9. The normalized spacial score (nSPS) is 26.5. The van der Waals surface area contributed by atoms with Gasteiger partial charge >= 0.3 is 6.03 Å². The fourth-order valence-electron chi connectivity index (χ4n) is 1.85. The lowest BCUT2D eigenvalue weighted by atomic mass is 9.88. The van der Waals surface area contributed by atoms with Crippen LogP contribution in [0.25, 0.3) is 0 Å². The molecule has 6 nitrogen and oxygen atoms in total. The van der Waals surface area contributed by atoms with Crippen LogP contribution < -0.4 is 16.4 Å². The molecule has 0 radical (unpaired) electrons. The van der Waals surface area contributed by atoms with Crippen LogP contribution >= 0.6 is 0 Å². The second-order valence-electron chi connectivity index (χ2n) is 4.70. The zero-order valence-electron chi connectivity index (χ0n) is 10.3. The first-order valence-electron chi connectivity index (χ1n) is 5.98.